The van der Waals surface area contributed by atoms with Crippen LogP contribution in [0.2, 0.25) is 0 Å². The van der Waals surface area contributed by atoms with E-state index in [1.54, 1.807) is 7.11 Å². The van der Waals surface area contributed by atoms with E-state index >= 15 is 0 Å². The van der Waals surface area contributed by atoms with Crippen LogP contribution in [0.15, 0.2) is 46.9 Å². The molecular weight excluding hydrogens is 338 g/mol. The molecule has 0 amide bonds. The summed E-state index contributed by atoms with van der Waals surface area (Å²) < 4.78 is 6.42. The molecule has 1 aliphatic carbocycles. The lowest BCUT2D eigenvalue weighted by Gasteiger charge is -2.23. The number of aromatic amines is 1. The van der Waals surface area contributed by atoms with Crippen LogP contribution in [0.3, 0.4) is 0 Å². The Labute approximate surface area is 138 Å². The summed E-state index contributed by atoms with van der Waals surface area (Å²) in [4.78, 5) is 3.67. The molecule has 2 aromatic carbocycles. The molecule has 1 aromatic heterocycles. The van der Waals surface area contributed by atoms with Gasteiger partial charge in [-0.05, 0) is 60.7 Å². The molecule has 112 valence electrons. The maximum absolute atomic E-state index is 5.27. The maximum Gasteiger partial charge on any atom is 0.118 e. The minimum Gasteiger partial charge on any atom is -0.497 e. The normalized spacial score (nSPS) is 17.5. The van der Waals surface area contributed by atoms with Gasteiger partial charge in [-0.15, -0.1) is 0 Å². The summed E-state index contributed by atoms with van der Waals surface area (Å²) >= 11 is 3.59. The van der Waals surface area contributed by atoms with Crippen LogP contribution in [0.25, 0.3) is 10.9 Å². The maximum atomic E-state index is 5.27. The highest BCUT2D eigenvalue weighted by Gasteiger charge is 2.25. The van der Waals surface area contributed by atoms with E-state index in [1.807, 2.05) is 0 Å². The number of nitrogens with one attached hydrogen (secondary N) is 1. The van der Waals surface area contributed by atoms with Gasteiger partial charge in [-0.2, -0.15) is 0 Å². The molecule has 1 heterocycles. The number of fused-ring (bicyclic) bond motifs is 3. The summed E-state index contributed by atoms with van der Waals surface area (Å²) in [6.45, 7) is 0. The summed E-state index contributed by atoms with van der Waals surface area (Å²) in [7, 11) is 1.71. The molecule has 2 nitrogen and oxygen atoms in total. The third-order valence-corrected chi connectivity index (χ3v) is 5.18. The van der Waals surface area contributed by atoms with Gasteiger partial charge in [0.1, 0.15) is 5.75 Å². The van der Waals surface area contributed by atoms with Crippen molar-refractivity contribution >= 4 is 26.8 Å². The molecular formula is C19H18BrNO. The Bertz CT molecular complexity index is 819. The Morgan fingerprint density at radius 1 is 1.14 bits per heavy atom. The fourth-order valence-electron chi connectivity index (χ4n) is 3.60. The lowest BCUT2D eigenvalue weighted by molar-refractivity contribution is 0.414. The second-order valence-corrected chi connectivity index (χ2v) is 6.84. The molecule has 4 rings (SSSR count). The summed E-state index contributed by atoms with van der Waals surface area (Å²) in [5, 5.41) is 1.36. The Balaban J connectivity index is 1.82. The molecule has 0 radical (unpaired) electrons. The van der Waals surface area contributed by atoms with E-state index in [1.165, 1.54) is 47.0 Å². The lowest BCUT2D eigenvalue weighted by atomic mass is 9.82. The molecule has 22 heavy (non-hydrogen) atoms. The minimum atomic E-state index is 0.459. The van der Waals surface area contributed by atoms with Crippen molar-refractivity contribution in [1.29, 1.82) is 0 Å². The van der Waals surface area contributed by atoms with E-state index < -0.39 is 0 Å². The number of rotatable bonds is 2. The summed E-state index contributed by atoms with van der Waals surface area (Å²) in [5.41, 5.74) is 5.49. The highest BCUT2D eigenvalue weighted by molar-refractivity contribution is 9.10. The molecule has 0 saturated heterocycles. The summed E-state index contributed by atoms with van der Waals surface area (Å²) in [6, 6.07) is 15.0. The smallest absolute Gasteiger partial charge is 0.118 e. The zero-order valence-corrected chi connectivity index (χ0v) is 14.1. The molecule has 0 bridgehead atoms. The monoisotopic (exact) mass is 355 g/mol. The van der Waals surface area contributed by atoms with Crippen LogP contribution < -0.4 is 4.74 Å². The first kappa shape index (κ1) is 13.9. The second-order valence-electron chi connectivity index (χ2n) is 5.93. The first-order valence-electron chi connectivity index (χ1n) is 7.70. The van der Waals surface area contributed by atoms with Crippen molar-refractivity contribution in [2.45, 2.75) is 25.2 Å². The van der Waals surface area contributed by atoms with E-state index in [0.29, 0.717) is 5.92 Å². The zero-order valence-electron chi connectivity index (χ0n) is 12.5. The van der Waals surface area contributed by atoms with Gasteiger partial charge in [0.05, 0.1) is 7.11 Å². The van der Waals surface area contributed by atoms with Gasteiger partial charge in [0.2, 0.25) is 0 Å². The molecule has 1 N–H and O–H groups in total. The molecule has 3 heteroatoms. The number of H-pyrrole nitrogens is 1. The number of halogens is 1. The molecule has 0 spiro atoms. The van der Waals surface area contributed by atoms with E-state index in [-0.39, 0.29) is 0 Å². The van der Waals surface area contributed by atoms with Crippen LogP contribution in [-0.4, -0.2) is 12.1 Å². The van der Waals surface area contributed by atoms with Gasteiger partial charge in [-0.3, -0.25) is 0 Å². The van der Waals surface area contributed by atoms with Crippen LogP contribution in [0.4, 0.5) is 0 Å². The quantitative estimate of drug-likeness (QED) is 0.653. The van der Waals surface area contributed by atoms with Crippen molar-refractivity contribution in [3.63, 3.8) is 0 Å². The van der Waals surface area contributed by atoms with Gasteiger partial charge in [-0.1, -0.05) is 28.1 Å². The van der Waals surface area contributed by atoms with Gasteiger partial charge in [0.25, 0.3) is 0 Å². The molecule has 1 aliphatic rings. The molecule has 0 aliphatic heterocycles. The first-order valence-corrected chi connectivity index (χ1v) is 8.49. The van der Waals surface area contributed by atoms with Crippen LogP contribution >= 0.6 is 15.9 Å². The lowest BCUT2D eigenvalue weighted by Crippen LogP contribution is -2.10. The minimum absolute atomic E-state index is 0.459. The Morgan fingerprint density at radius 2 is 1.95 bits per heavy atom. The van der Waals surface area contributed by atoms with Crippen molar-refractivity contribution in [2.75, 3.05) is 7.11 Å². The average molecular weight is 356 g/mol. The van der Waals surface area contributed by atoms with E-state index in [4.69, 9.17) is 4.74 Å². The Hall–Kier alpha value is -1.74. The largest absolute Gasteiger partial charge is 0.497 e. The van der Waals surface area contributed by atoms with Gasteiger partial charge in [0.15, 0.2) is 0 Å². The summed E-state index contributed by atoms with van der Waals surface area (Å²) in [5.74, 6) is 1.38. The van der Waals surface area contributed by atoms with Crippen molar-refractivity contribution in [3.05, 3.63) is 63.8 Å². The number of aromatic nitrogens is 1. The van der Waals surface area contributed by atoms with Crippen molar-refractivity contribution in [1.82, 2.24) is 4.98 Å². The van der Waals surface area contributed by atoms with Gasteiger partial charge in [0, 0.05) is 27.0 Å². The molecule has 1 unspecified atom stereocenters. The predicted molar refractivity (Wildman–Crippen MR) is 93.8 cm³/mol. The molecule has 1 atom stereocenters. The van der Waals surface area contributed by atoms with Crippen molar-refractivity contribution in [2.24, 2.45) is 0 Å². The summed E-state index contributed by atoms with van der Waals surface area (Å²) in [6.07, 6.45) is 3.61. The Morgan fingerprint density at radius 3 is 2.73 bits per heavy atom. The Kier molecular flexibility index (Phi) is 3.45. The zero-order chi connectivity index (χ0) is 15.1. The average Bonchev–Trinajstić information content (AvgIpc) is 2.93. The SMILES string of the molecule is COc1ccc(C2CCCc3c2[nH]c2ccc(Br)cc32)cc1. The number of benzene rings is 2. The highest BCUT2D eigenvalue weighted by Crippen LogP contribution is 2.40. The van der Waals surface area contributed by atoms with Gasteiger partial charge >= 0.3 is 0 Å². The van der Waals surface area contributed by atoms with Crippen LogP contribution in [0, 0.1) is 0 Å². The highest BCUT2D eigenvalue weighted by atomic mass is 79.9. The van der Waals surface area contributed by atoms with Crippen LogP contribution in [0.1, 0.15) is 35.6 Å². The standard InChI is InChI=1S/C19H18BrNO/c1-22-14-8-5-12(6-9-14)15-3-2-4-16-17-11-13(20)7-10-18(17)21-19(15)16/h5-11,15,21H,2-4H2,1H3. The number of ether oxygens (including phenoxy) is 1. The van der Waals surface area contributed by atoms with Gasteiger partial charge in [-0.25, -0.2) is 0 Å². The second kappa shape index (κ2) is 5.47. The number of aryl methyl sites for hydroxylation is 1. The molecule has 0 saturated carbocycles. The number of hydrogen-bond donors (Lipinski definition) is 1. The van der Waals surface area contributed by atoms with Crippen LogP contribution in [0.5, 0.6) is 5.75 Å². The number of hydrogen-bond acceptors (Lipinski definition) is 1. The van der Waals surface area contributed by atoms with Crippen molar-refractivity contribution < 1.29 is 4.74 Å². The predicted octanol–water partition coefficient (Wildman–Crippen LogP) is 5.41. The van der Waals surface area contributed by atoms with E-state index in [0.717, 1.165) is 10.2 Å². The van der Waals surface area contributed by atoms with E-state index in [9.17, 15) is 0 Å². The van der Waals surface area contributed by atoms with E-state index in [2.05, 4.69) is 63.4 Å². The topological polar surface area (TPSA) is 25.0 Å². The third kappa shape index (κ3) is 2.24. The van der Waals surface area contributed by atoms with Crippen LogP contribution in [-0.2, 0) is 6.42 Å². The fraction of sp³-hybridized carbons (Fsp3) is 0.263. The van der Waals surface area contributed by atoms with Crippen molar-refractivity contribution in [3.8, 4) is 5.75 Å². The molecule has 0 fully saturated rings. The fourth-order valence-corrected chi connectivity index (χ4v) is 3.97. The first-order chi connectivity index (χ1) is 10.8. The third-order valence-electron chi connectivity index (χ3n) is 4.69. The molecule has 3 aromatic rings. The van der Waals surface area contributed by atoms with Gasteiger partial charge < -0.3 is 9.72 Å². The number of methoxy groups -OCH3 is 1.